The topological polar surface area (TPSA) is 46.2 Å². The molecule has 0 heterocycles. The monoisotopic (exact) mass is 275 g/mol. The van der Waals surface area contributed by atoms with Crippen molar-refractivity contribution in [2.45, 2.75) is 18.2 Å². The molecule has 0 radical (unpaired) electrons. The van der Waals surface area contributed by atoms with Crippen LogP contribution in [0.1, 0.15) is 18.9 Å². The number of hydrogen-bond acceptors (Lipinski definition) is 2. The van der Waals surface area contributed by atoms with Crippen molar-refractivity contribution in [1.82, 2.24) is 4.72 Å². The van der Waals surface area contributed by atoms with Gasteiger partial charge in [0.05, 0.1) is 4.90 Å². The lowest BCUT2D eigenvalue weighted by molar-refractivity contribution is 0.584. The van der Waals surface area contributed by atoms with Gasteiger partial charge in [0, 0.05) is 6.54 Å². The maximum Gasteiger partial charge on any atom is 0.240 e. The molecule has 19 heavy (non-hydrogen) atoms. The minimum Gasteiger partial charge on any atom is -0.211 e. The summed E-state index contributed by atoms with van der Waals surface area (Å²) in [6.07, 6.45) is 11.0. The van der Waals surface area contributed by atoms with Crippen molar-refractivity contribution in [2.24, 2.45) is 0 Å². The molecule has 1 aliphatic carbocycles. The number of nitrogens with one attached hydrogen (secondary N) is 1. The minimum atomic E-state index is -3.36. The molecule has 0 unspecified atom stereocenters. The Balaban J connectivity index is 2.26. The summed E-state index contributed by atoms with van der Waals surface area (Å²) in [6.45, 7) is 2.16. The molecule has 0 aliphatic heterocycles. The summed E-state index contributed by atoms with van der Waals surface area (Å²) in [6, 6.07) is 6.99. The van der Waals surface area contributed by atoms with E-state index in [9.17, 15) is 8.42 Å². The van der Waals surface area contributed by atoms with E-state index in [0.29, 0.717) is 11.4 Å². The first-order valence-corrected chi connectivity index (χ1v) is 7.74. The maximum absolute atomic E-state index is 11.8. The lowest BCUT2D eigenvalue weighted by Gasteiger charge is -2.07. The Labute approximate surface area is 114 Å². The van der Waals surface area contributed by atoms with Gasteiger partial charge in [0.15, 0.2) is 0 Å². The second-order valence-electron chi connectivity index (χ2n) is 4.23. The third kappa shape index (κ3) is 3.43. The quantitative estimate of drug-likeness (QED) is 0.918. The van der Waals surface area contributed by atoms with Crippen molar-refractivity contribution < 1.29 is 8.42 Å². The van der Waals surface area contributed by atoms with E-state index in [4.69, 9.17) is 0 Å². The summed E-state index contributed by atoms with van der Waals surface area (Å²) in [5.74, 6) is 0. The average molecular weight is 275 g/mol. The van der Waals surface area contributed by atoms with Gasteiger partial charge in [0.2, 0.25) is 10.0 Å². The Morgan fingerprint density at radius 3 is 2.53 bits per heavy atom. The summed E-state index contributed by atoms with van der Waals surface area (Å²) in [5.41, 5.74) is 2.23. The minimum absolute atomic E-state index is 0.304. The lowest BCUT2D eigenvalue weighted by Crippen LogP contribution is -2.23. The van der Waals surface area contributed by atoms with E-state index in [-0.39, 0.29) is 0 Å². The van der Waals surface area contributed by atoms with E-state index in [1.807, 2.05) is 36.4 Å². The molecule has 0 aromatic heterocycles. The third-order valence-corrected chi connectivity index (χ3v) is 4.42. The molecular weight excluding hydrogens is 258 g/mol. The summed E-state index contributed by atoms with van der Waals surface area (Å²) in [7, 11) is -3.36. The number of benzene rings is 1. The SMILES string of the molecule is CCNS(=O)(=O)c1ccc(C2=CC=CC=CC2)cc1. The van der Waals surface area contributed by atoms with E-state index in [2.05, 4.69) is 10.8 Å². The molecular formula is C15H17NO2S. The number of hydrogen-bond donors (Lipinski definition) is 1. The van der Waals surface area contributed by atoms with E-state index < -0.39 is 10.0 Å². The molecule has 0 amide bonds. The van der Waals surface area contributed by atoms with Crippen molar-refractivity contribution in [3.05, 3.63) is 60.2 Å². The van der Waals surface area contributed by atoms with Crippen LogP contribution in [0.15, 0.2) is 59.5 Å². The highest BCUT2D eigenvalue weighted by Crippen LogP contribution is 2.22. The Kier molecular flexibility index (Phi) is 4.35. The molecule has 1 aromatic rings. The number of rotatable bonds is 4. The predicted octanol–water partition coefficient (Wildman–Crippen LogP) is 2.88. The van der Waals surface area contributed by atoms with Crippen LogP contribution in [0.5, 0.6) is 0 Å². The van der Waals surface area contributed by atoms with Gasteiger partial charge in [-0.05, 0) is 29.7 Å². The van der Waals surface area contributed by atoms with Gasteiger partial charge < -0.3 is 0 Å². The van der Waals surface area contributed by atoms with Crippen molar-refractivity contribution in [3.63, 3.8) is 0 Å². The average Bonchev–Trinajstić information content (AvgIpc) is 2.68. The van der Waals surface area contributed by atoms with E-state index in [1.165, 1.54) is 5.57 Å². The molecule has 4 heteroatoms. The largest absolute Gasteiger partial charge is 0.240 e. The summed E-state index contributed by atoms with van der Waals surface area (Å²) < 4.78 is 26.1. The second-order valence-corrected chi connectivity index (χ2v) is 6.00. The van der Waals surface area contributed by atoms with Crippen molar-refractivity contribution in [1.29, 1.82) is 0 Å². The van der Waals surface area contributed by atoms with Crippen LogP contribution in [0.3, 0.4) is 0 Å². The lowest BCUT2D eigenvalue weighted by atomic mass is 10.0. The fraction of sp³-hybridized carbons (Fsp3) is 0.200. The van der Waals surface area contributed by atoms with Gasteiger partial charge in [-0.3, -0.25) is 0 Å². The highest BCUT2D eigenvalue weighted by Gasteiger charge is 2.12. The van der Waals surface area contributed by atoms with Crippen LogP contribution in [0, 0.1) is 0 Å². The predicted molar refractivity (Wildman–Crippen MR) is 78.2 cm³/mol. The van der Waals surface area contributed by atoms with Crippen LogP contribution < -0.4 is 4.72 Å². The third-order valence-electron chi connectivity index (χ3n) is 2.86. The molecule has 3 nitrogen and oxygen atoms in total. The highest BCUT2D eigenvalue weighted by atomic mass is 32.2. The first-order chi connectivity index (χ1) is 9.13. The van der Waals surface area contributed by atoms with Gasteiger partial charge in [0.1, 0.15) is 0 Å². The van der Waals surface area contributed by atoms with Gasteiger partial charge in [-0.25, -0.2) is 13.1 Å². The zero-order valence-corrected chi connectivity index (χ0v) is 11.7. The van der Waals surface area contributed by atoms with Crippen LogP contribution in [0.2, 0.25) is 0 Å². The van der Waals surface area contributed by atoms with Crippen molar-refractivity contribution >= 4 is 15.6 Å². The van der Waals surface area contributed by atoms with Gasteiger partial charge in [-0.2, -0.15) is 0 Å². The molecule has 0 spiro atoms. The Morgan fingerprint density at radius 2 is 1.84 bits per heavy atom. The molecule has 0 saturated heterocycles. The number of sulfonamides is 1. The van der Waals surface area contributed by atoms with E-state index >= 15 is 0 Å². The molecule has 1 aliphatic rings. The first kappa shape index (κ1) is 13.8. The summed E-state index contributed by atoms with van der Waals surface area (Å²) in [4.78, 5) is 0.304. The molecule has 1 N–H and O–H groups in total. The van der Waals surface area contributed by atoms with Crippen LogP contribution in [0.25, 0.3) is 5.57 Å². The Morgan fingerprint density at radius 1 is 1.11 bits per heavy atom. The second kappa shape index (κ2) is 5.99. The summed E-state index contributed by atoms with van der Waals surface area (Å²) in [5, 5.41) is 0. The zero-order valence-electron chi connectivity index (χ0n) is 10.8. The Hall–Kier alpha value is -1.65. The van der Waals surface area contributed by atoms with Gasteiger partial charge >= 0.3 is 0 Å². The standard InChI is InChI=1S/C15H17NO2S/c1-2-16-19(17,18)15-11-9-14(10-12-15)13-7-5-3-4-6-8-13/h3-7,9-12,16H,2,8H2,1H3. The molecule has 2 rings (SSSR count). The zero-order chi connectivity index (χ0) is 13.7. The van der Waals surface area contributed by atoms with Crippen LogP contribution in [0.4, 0.5) is 0 Å². The van der Waals surface area contributed by atoms with E-state index in [0.717, 1.165) is 12.0 Å². The molecule has 100 valence electrons. The fourth-order valence-corrected chi connectivity index (χ4v) is 2.95. The van der Waals surface area contributed by atoms with Crippen molar-refractivity contribution in [3.8, 4) is 0 Å². The molecule has 0 bridgehead atoms. The van der Waals surface area contributed by atoms with Crippen LogP contribution >= 0.6 is 0 Å². The van der Waals surface area contributed by atoms with Crippen LogP contribution in [-0.2, 0) is 10.0 Å². The first-order valence-electron chi connectivity index (χ1n) is 6.26. The molecule has 0 fully saturated rings. The number of allylic oxidation sites excluding steroid dienone is 6. The molecule has 1 aromatic carbocycles. The normalized spacial score (nSPS) is 15.1. The fourth-order valence-electron chi connectivity index (χ4n) is 1.91. The van der Waals surface area contributed by atoms with Gasteiger partial charge in [0.25, 0.3) is 0 Å². The molecule has 0 saturated carbocycles. The summed E-state index contributed by atoms with van der Waals surface area (Å²) >= 11 is 0. The smallest absolute Gasteiger partial charge is 0.211 e. The molecule has 0 atom stereocenters. The van der Waals surface area contributed by atoms with Gasteiger partial charge in [-0.1, -0.05) is 49.4 Å². The Bertz CT molecular complexity index is 623. The van der Waals surface area contributed by atoms with Crippen molar-refractivity contribution in [2.75, 3.05) is 6.54 Å². The van der Waals surface area contributed by atoms with Crippen LogP contribution in [-0.4, -0.2) is 15.0 Å². The van der Waals surface area contributed by atoms with Gasteiger partial charge in [-0.15, -0.1) is 0 Å². The van der Waals surface area contributed by atoms with E-state index in [1.54, 1.807) is 19.1 Å². The highest BCUT2D eigenvalue weighted by molar-refractivity contribution is 7.89. The maximum atomic E-state index is 11.8.